The van der Waals surface area contributed by atoms with Crippen molar-refractivity contribution in [3.05, 3.63) is 0 Å². The molecule has 0 spiro atoms. The third-order valence-corrected chi connectivity index (χ3v) is 6.80. The Morgan fingerprint density at radius 1 is 0.826 bits per heavy atom. The van der Waals surface area contributed by atoms with Gasteiger partial charge in [-0.15, -0.1) is 0 Å². The topological polar surface area (TPSA) is 18.5 Å². The van der Waals surface area contributed by atoms with E-state index in [1.807, 2.05) is 0 Å². The largest absolute Gasteiger partial charge is 0.317 e. The molecule has 0 bridgehead atoms. The Kier molecular flexibility index (Phi) is 6.03. The van der Waals surface area contributed by atoms with Crippen molar-refractivity contribution >= 4 is 0 Å². The molecule has 3 heterocycles. The minimum Gasteiger partial charge on any atom is -0.317 e. The highest BCUT2D eigenvalue weighted by molar-refractivity contribution is 4.85. The minimum atomic E-state index is 0.506. The van der Waals surface area contributed by atoms with Crippen molar-refractivity contribution in [3.63, 3.8) is 0 Å². The molecule has 0 radical (unpaired) electrons. The first-order valence-corrected chi connectivity index (χ1v) is 10.2. The number of rotatable bonds is 3. The maximum absolute atomic E-state index is 3.50. The van der Waals surface area contributed by atoms with Gasteiger partial charge in [-0.05, 0) is 95.0 Å². The van der Waals surface area contributed by atoms with Crippen LogP contribution in [-0.2, 0) is 0 Å². The maximum atomic E-state index is 3.50. The van der Waals surface area contributed by atoms with Gasteiger partial charge in [0.25, 0.3) is 0 Å². The molecule has 3 rings (SSSR count). The van der Waals surface area contributed by atoms with E-state index in [1.54, 1.807) is 0 Å². The van der Waals surface area contributed by atoms with Crippen LogP contribution in [0, 0.1) is 17.3 Å². The molecule has 3 nitrogen and oxygen atoms in total. The van der Waals surface area contributed by atoms with Gasteiger partial charge in [0.1, 0.15) is 0 Å². The summed E-state index contributed by atoms with van der Waals surface area (Å²) >= 11 is 0. The van der Waals surface area contributed by atoms with Crippen molar-refractivity contribution in [2.45, 2.75) is 65.3 Å². The van der Waals surface area contributed by atoms with Crippen LogP contribution in [0.15, 0.2) is 0 Å². The van der Waals surface area contributed by atoms with Crippen LogP contribution in [0.3, 0.4) is 0 Å². The molecule has 3 saturated heterocycles. The Hall–Kier alpha value is -0.120. The second-order valence-corrected chi connectivity index (χ2v) is 9.40. The summed E-state index contributed by atoms with van der Waals surface area (Å²) in [4.78, 5) is 5.57. The van der Waals surface area contributed by atoms with Crippen molar-refractivity contribution in [1.29, 1.82) is 0 Å². The molecule has 0 amide bonds. The van der Waals surface area contributed by atoms with Crippen LogP contribution in [0.1, 0.15) is 59.3 Å². The van der Waals surface area contributed by atoms with Crippen LogP contribution < -0.4 is 5.32 Å². The van der Waals surface area contributed by atoms with E-state index in [0.29, 0.717) is 5.41 Å². The summed E-state index contributed by atoms with van der Waals surface area (Å²) in [6.45, 7) is 16.5. The van der Waals surface area contributed by atoms with Gasteiger partial charge < -0.3 is 15.1 Å². The number of hydrogen-bond acceptors (Lipinski definition) is 3. The average molecular weight is 322 g/mol. The molecule has 0 aliphatic carbocycles. The summed E-state index contributed by atoms with van der Waals surface area (Å²) in [5, 5.41) is 3.50. The van der Waals surface area contributed by atoms with Gasteiger partial charge in [0, 0.05) is 12.6 Å². The van der Waals surface area contributed by atoms with Crippen molar-refractivity contribution in [2.24, 2.45) is 17.3 Å². The summed E-state index contributed by atoms with van der Waals surface area (Å²) in [6, 6.07) is 0.875. The standard InChI is InChI=1S/C20H39N3/c1-20(2,3)18-8-12-22(13-9-18)16-17-6-14-23(15-7-17)19-4-10-21-11-5-19/h17-19,21H,4-16H2,1-3H3. The second-order valence-electron chi connectivity index (χ2n) is 9.40. The van der Waals surface area contributed by atoms with Gasteiger partial charge in [0.2, 0.25) is 0 Å². The van der Waals surface area contributed by atoms with E-state index < -0.39 is 0 Å². The Morgan fingerprint density at radius 3 is 2.00 bits per heavy atom. The fourth-order valence-corrected chi connectivity index (χ4v) is 5.02. The molecular weight excluding hydrogens is 282 g/mol. The van der Waals surface area contributed by atoms with E-state index in [-0.39, 0.29) is 0 Å². The highest BCUT2D eigenvalue weighted by Gasteiger charge is 2.31. The smallest absolute Gasteiger partial charge is 0.0119 e. The molecule has 3 heteroatoms. The molecular formula is C20H39N3. The first kappa shape index (κ1) is 17.7. The van der Waals surface area contributed by atoms with Crippen LogP contribution >= 0.6 is 0 Å². The normalized spacial score (nSPS) is 28.3. The van der Waals surface area contributed by atoms with Gasteiger partial charge in [0.15, 0.2) is 0 Å². The Bertz CT molecular complexity index is 340. The maximum Gasteiger partial charge on any atom is 0.0119 e. The number of piperidine rings is 3. The van der Waals surface area contributed by atoms with Crippen molar-refractivity contribution in [3.8, 4) is 0 Å². The highest BCUT2D eigenvalue weighted by Crippen LogP contribution is 2.34. The van der Waals surface area contributed by atoms with Crippen LogP contribution in [0.4, 0.5) is 0 Å². The fourth-order valence-electron chi connectivity index (χ4n) is 5.02. The molecule has 1 N–H and O–H groups in total. The first-order chi connectivity index (χ1) is 11.0. The third kappa shape index (κ3) is 4.93. The van der Waals surface area contributed by atoms with Crippen molar-refractivity contribution in [2.75, 3.05) is 45.8 Å². The van der Waals surface area contributed by atoms with Gasteiger partial charge in [-0.1, -0.05) is 20.8 Å². The molecule has 3 aliphatic rings. The molecule has 0 aromatic carbocycles. The SMILES string of the molecule is CC(C)(C)C1CCN(CC2CCN(C3CCNCC3)CC2)CC1. The van der Waals surface area contributed by atoms with Crippen molar-refractivity contribution < 1.29 is 0 Å². The molecule has 0 aromatic heterocycles. The van der Waals surface area contributed by atoms with E-state index in [1.165, 1.54) is 84.3 Å². The van der Waals surface area contributed by atoms with Crippen LogP contribution in [-0.4, -0.2) is 61.7 Å². The lowest BCUT2D eigenvalue weighted by Crippen LogP contribution is -2.48. The molecule has 3 fully saturated rings. The van der Waals surface area contributed by atoms with E-state index >= 15 is 0 Å². The van der Waals surface area contributed by atoms with Gasteiger partial charge >= 0.3 is 0 Å². The Morgan fingerprint density at radius 2 is 1.43 bits per heavy atom. The highest BCUT2D eigenvalue weighted by atomic mass is 15.2. The van der Waals surface area contributed by atoms with E-state index in [9.17, 15) is 0 Å². The number of nitrogens with zero attached hydrogens (tertiary/aromatic N) is 2. The second kappa shape index (κ2) is 7.84. The van der Waals surface area contributed by atoms with Crippen LogP contribution in [0.2, 0.25) is 0 Å². The predicted molar refractivity (Wildman–Crippen MR) is 98.8 cm³/mol. The van der Waals surface area contributed by atoms with Gasteiger partial charge in [-0.2, -0.15) is 0 Å². The lowest BCUT2D eigenvalue weighted by atomic mass is 9.75. The molecule has 0 atom stereocenters. The number of nitrogens with one attached hydrogen (secondary N) is 1. The lowest BCUT2D eigenvalue weighted by Gasteiger charge is -2.42. The van der Waals surface area contributed by atoms with Gasteiger partial charge in [0.05, 0.1) is 0 Å². The number of likely N-dealkylation sites (tertiary alicyclic amines) is 2. The monoisotopic (exact) mass is 321 g/mol. The van der Waals surface area contributed by atoms with Crippen molar-refractivity contribution in [1.82, 2.24) is 15.1 Å². The molecule has 134 valence electrons. The summed E-state index contributed by atoms with van der Waals surface area (Å²) in [5.74, 6) is 1.89. The summed E-state index contributed by atoms with van der Waals surface area (Å²) in [7, 11) is 0. The fraction of sp³-hybridized carbons (Fsp3) is 1.00. The summed E-state index contributed by atoms with van der Waals surface area (Å²) < 4.78 is 0. The zero-order valence-corrected chi connectivity index (χ0v) is 15.8. The van der Waals surface area contributed by atoms with Crippen LogP contribution in [0.25, 0.3) is 0 Å². The third-order valence-electron chi connectivity index (χ3n) is 6.80. The van der Waals surface area contributed by atoms with Crippen LogP contribution in [0.5, 0.6) is 0 Å². The van der Waals surface area contributed by atoms with Gasteiger partial charge in [-0.3, -0.25) is 0 Å². The minimum absolute atomic E-state index is 0.506. The summed E-state index contributed by atoms with van der Waals surface area (Å²) in [5.41, 5.74) is 0.506. The Labute approximate surface area is 144 Å². The van der Waals surface area contributed by atoms with E-state index in [2.05, 4.69) is 35.9 Å². The average Bonchev–Trinajstić information content (AvgIpc) is 2.56. The molecule has 23 heavy (non-hydrogen) atoms. The quantitative estimate of drug-likeness (QED) is 0.861. The zero-order chi connectivity index (χ0) is 16.3. The molecule has 3 aliphatic heterocycles. The van der Waals surface area contributed by atoms with Gasteiger partial charge in [-0.25, -0.2) is 0 Å². The van der Waals surface area contributed by atoms with E-state index in [4.69, 9.17) is 0 Å². The van der Waals surface area contributed by atoms with E-state index in [0.717, 1.165) is 17.9 Å². The molecule has 0 unspecified atom stereocenters. The molecule has 0 saturated carbocycles. The predicted octanol–water partition coefficient (Wildman–Crippen LogP) is 3.21. The lowest BCUT2D eigenvalue weighted by molar-refractivity contribution is 0.0694. The summed E-state index contributed by atoms with van der Waals surface area (Å²) in [6.07, 6.45) is 8.43. The zero-order valence-electron chi connectivity index (χ0n) is 15.8. The Balaban J connectivity index is 1.36. The molecule has 0 aromatic rings. The number of hydrogen-bond donors (Lipinski definition) is 1. The first-order valence-electron chi connectivity index (χ1n) is 10.2.